The molecule has 0 radical (unpaired) electrons. The SMILES string of the molecule is CNCc1coc(CN(C)C2CCOC2)c1. The van der Waals surface area contributed by atoms with Crippen molar-refractivity contribution in [2.45, 2.75) is 25.6 Å². The summed E-state index contributed by atoms with van der Waals surface area (Å²) >= 11 is 0. The highest BCUT2D eigenvalue weighted by atomic mass is 16.5. The Bertz CT molecular complexity index is 319. The summed E-state index contributed by atoms with van der Waals surface area (Å²) in [7, 11) is 4.06. The molecule has 90 valence electrons. The maximum absolute atomic E-state index is 5.52. The minimum absolute atomic E-state index is 0.540. The van der Waals surface area contributed by atoms with E-state index in [0.717, 1.165) is 38.5 Å². The van der Waals surface area contributed by atoms with Gasteiger partial charge in [-0.25, -0.2) is 0 Å². The van der Waals surface area contributed by atoms with E-state index in [1.165, 1.54) is 5.56 Å². The molecule has 1 N–H and O–H groups in total. The van der Waals surface area contributed by atoms with Crippen molar-refractivity contribution in [3.63, 3.8) is 0 Å². The minimum Gasteiger partial charge on any atom is -0.468 e. The van der Waals surface area contributed by atoms with E-state index in [4.69, 9.17) is 9.15 Å². The Morgan fingerprint density at radius 2 is 2.44 bits per heavy atom. The second-order valence-electron chi connectivity index (χ2n) is 4.38. The van der Waals surface area contributed by atoms with Crippen LogP contribution in [0.1, 0.15) is 17.7 Å². The largest absolute Gasteiger partial charge is 0.468 e. The first-order chi connectivity index (χ1) is 7.79. The molecule has 1 saturated heterocycles. The average Bonchev–Trinajstić information content (AvgIpc) is 2.89. The summed E-state index contributed by atoms with van der Waals surface area (Å²) in [6.07, 6.45) is 2.95. The smallest absolute Gasteiger partial charge is 0.118 e. The first-order valence-corrected chi connectivity index (χ1v) is 5.78. The monoisotopic (exact) mass is 224 g/mol. The van der Waals surface area contributed by atoms with Gasteiger partial charge in [0.2, 0.25) is 0 Å². The molecule has 1 unspecified atom stereocenters. The molecule has 2 heterocycles. The average molecular weight is 224 g/mol. The van der Waals surface area contributed by atoms with E-state index in [2.05, 4.69) is 23.3 Å². The Morgan fingerprint density at radius 1 is 1.56 bits per heavy atom. The van der Waals surface area contributed by atoms with Gasteiger partial charge in [-0.15, -0.1) is 0 Å². The second kappa shape index (κ2) is 5.48. The van der Waals surface area contributed by atoms with Gasteiger partial charge in [0.05, 0.1) is 19.4 Å². The molecule has 4 nitrogen and oxygen atoms in total. The molecule has 1 aliphatic heterocycles. The van der Waals surface area contributed by atoms with Gasteiger partial charge in [0.15, 0.2) is 0 Å². The van der Waals surface area contributed by atoms with Crippen molar-refractivity contribution in [3.8, 4) is 0 Å². The molecule has 2 rings (SSSR count). The van der Waals surface area contributed by atoms with Gasteiger partial charge in [0.25, 0.3) is 0 Å². The van der Waals surface area contributed by atoms with E-state index in [0.29, 0.717) is 6.04 Å². The third kappa shape index (κ3) is 2.84. The summed E-state index contributed by atoms with van der Waals surface area (Å²) < 4.78 is 10.9. The van der Waals surface area contributed by atoms with Crippen LogP contribution in [-0.4, -0.2) is 38.3 Å². The van der Waals surface area contributed by atoms with E-state index in [9.17, 15) is 0 Å². The zero-order valence-corrected chi connectivity index (χ0v) is 10.0. The number of rotatable bonds is 5. The van der Waals surface area contributed by atoms with Crippen molar-refractivity contribution in [1.82, 2.24) is 10.2 Å². The highest BCUT2D eigenvalue weighted by Gasteiger charge is 2.20. The molecular formula is C12H20N2O2. The molecule has 0 aliphatic carbocycles. The van der Waals surface area contributed by atoms with E-state index >= 15 is 0 Å². The zero-order chi connectivity index (χ0) is 11.4. The van der Waals surface area contributed by atoms with E-state index in [1.807, 2.05) is 13.3 Å². The van der Waals surface area contributed by atoms with Crippen LogP contribution < -0.4 is 5.32 Å². The first-order valence-electron chi connectivity index (χ1n) is 5.78. The van der Waals surface area contributed by atoms with Gasteiger partial charge in [-0.2, -0.15) is 0 Å². The van der Waals surface area contributed by atoms with Crippen LogP contribution in [0, 0.1) is 0 Å². The molecule has 4 heteroatoms. The third-order valence-corrected chi connectivity index (χ3v) is 3.02. The van der Waals surface area contributed by atoms with Gasteiger partial charge in [-0.1, -0.05) is 0 Å². The molecule has 1 fully saturated rings. The van der Waals surface area contributed by atoms with Gasteiger partial charge < -0.3 is 14.5 Å². The van der Waals surface area contributed by atoms with Crippen LogP contribution in [0.25, 0.3) is 0 Å². The molecule has 0 saturated carbocycles. The highest BCUT2D eigenvalue weighted by molar-refractivity contribution is 5.12. The summed E-state index contributed by atoms with van der Waals surface area (Å²) in [5.74, 6) is 1.03. The van der Waals surface area contributed by atoms with E-state index in [1.54, 1.807) is 0 Å². The molecule has 1 atom stereocenters. The van der Waals surface area contributed by atoms with Crippen LogP contribution in [0.2, 0.25) is 0 Å². The molecule has 0 amide bonds. The van der Waals surface area contributed by atoms with Crippen molar-refractivity contribution in [1.29, 1.82) is 0 Å². The number of hydrogen-bond donors (Lipinski definition) is 1. The molecule has 1 aromatic heterocycles. The molecule has 1 aromatic rings. The number of likely N-dealkylation sites (N-methyl/N-ethyl adjacent to an activating group) is 1. The van der Waals surface area contributed by atoms with Crippen molar-refractivity contribution >= 4 is 0 Å². The lowest BCUT2D eigenvalue weighted by molar-refractivity contribution is 0.152. The number of hydrogen-bond acceptors (Lipinski definition) is 4. The fourth-order valence-electron chi connectivity index (χ4n) is 2.05. The van der Waals surface area contributed by atoms with Crippen LogP contribution in [-0.2, 0) is 17.8 Å². The second-order valence-corrected chi connectivity index (χ2v) is 4.38. The first kappa shape index (κ1) is 11.6. The topological polar surface area (TPSA) is 37.6 Å². The predicted octanol–water partition coefficient (Wildman–Crippen LogP) is 1.22. The van der Waals surface area contributed by atoms with Gasteiger partial charge in [0, 0.05) is 24.8 Å². The maximum Gasteiger partial charge on any atom is 0.118 e. The minimum atomic E-state index is 0.540. The molecular weight excluding hydrogens is 204 g/mol. The summed E-state index contributed by atoms with van der Waals surface area (Å²) in [4.78, 5) is 2.30. The van der Waals surface area contributed by atoms with Crippen LogP contribution in [0.4, 0.5) is 0 Å². The lowest BCUT2D eigenvalue weighted by atomic mass is 10.2. The van der Waals surface area contributed by atoms with Crippen LogP contribution in [0.3, 0.4) is 0 Å². The Morgan fingerprint density at radius 3 is 3.12 bits per heavy atom. The Labute approximate surface area is 96.6 Å². The van der Waals surface area contributed by atoms with Crippen molar-refractivity contribution in [3.05, 3.63) is 23.7 Å². The Kier molecular flexibility index (Phi) is 3.98. The van der Waals surface area contributed by atoms with E-state index in [-0.39, 0.29) is 0 Å². The van der Waals surface area contributed by atoms with Crippen LogP contribution in [0.5, 0.6) is 0 Å². The number of ether oxygens (including phenoxy) is 1. The summed E-state index contributed by atoms with van der Waals surface area (Å²) in [5.41, 5.74) is 1.20. The maximum atomic E-state index is 5.52. The van der Waals surface area contributed by atoms with Crippen molar-refractivity contribution in [2.75, 3.05) is 27.3 Å². The van der Waals surface area contributed by atoms with Gasteiger partial charge in [-0.05, 0) is 26.6 Å². The summed E-state index contributed by atoms with van der Waals surface area (Å²) in [6.45, 7) is 3.45. The third-order valence-electron chi connectivity index (χ3n) is 3.02. The highest BCUT2D eigenvalue weighted by Crippen LogP contribution is 2.15. The molecule has 0 aromatic carbocycles. The Balaban J connectivity index is 1.87. The molecule has 1 aliphatic rings. The Hall–Kier alpha value is -0.840. The normalized spacial score (nSPS) is 20.8. The van der Waals surface area contributed by atoms with Crippen LogP contribution in [0.15, 0.2) is 16.7 Å². The molecule has 16 heavy (non-hydrogen) atoms. The quantitative estimate of drug-likeness (QED) is 0.816. The number of nitrogens with one attached hydrogen (secondary N) is 1. The summed E-state index contributed by atoms with van der Waals surface area (Å²) in [5, 5.41) is 3.11. The molecule has 0 bridgehead atoms. The molecule has 0 spiro atoms. The van der Waals surface area contributed by atoms with Crippen molar-refractivity contribution in [2.24, 2.45) is 0 Å². The van der Waals surface area contributed by atoms with Gasteiger partial charge in [-0.3, -0.25) is 4.90 Å². The standard InChI is InChI=1S/C12H20N2O2/c1-13-6-10-5-12(16-8-10)7-14(2)11-3-4-15-9-11/h5,8,11,13H,3-4,6-7,9H2,1-2H3. The van der Waals surface area contributed by atoms with Crippen LogP contribution >= 0.6 is 0 Å². The zero-order valence-electron chi connectivity index (χ0n) is 10.0. The fourth-order valence-corrected chi connectivity index (χ4v) is 2.05. The predicted molar refractivity (Wildman–Crippen MR) is 62.2 cm³/mol. The lowest BCUT2D eigenvalue weighted by Crippen LogP contribution is -2.31. The van der Waals surface area contributed by atoms with E-state index < -0.39 is 0 Å². The van der Waals surface area contributed by atoms with Gasteiger partial charge in [0.1, 0.15) is 5.76 Å². The summed E-state index contributed by atoms with van der Waals surface area (Å²) in [6, 6.07) is 2.65. The number of furan rings is 1. The lowest BCUT2D eigenvalue weighted by Gasteiger charge is -2.21. The van der Waals surface area contributed by atoms with Gasteiger partial charge >= 0.3 is 0 Å². The fraction of sp³-hybridized carbons (Fsp3) is 0.667. The van der Waals surface area contributed by atoms with Crippen molar-refractivity contribution < 1.29 is 9.15 Å². The number of nitrogens with zero attached hydrogens (tertiary/aromatic N) is 1.